The molecule has 0 radical (unpaired) electrons. The number of fused-ring (bicyclic) bond motifs is 1. The van der Waals surface area contributed by atoms with Crippen molar-refractivity contribution in [2.24, 2.45) is 0 Å². The Bertz CT molecular complexity index is 275. The molecule has 2 rings (SSSR count). The Labute approximate surface area is 83.0 Å². The van der Waals surface area contributed by atoms with Crippen LogP contribution in [0.15, 0.2) is 4.52 Å². The van der Waals surface area contributed by atoms with E-state index in [-0.39, 0.29) is 12.4 Å². The lowest BCUT2D eigenvalue weighted by Crippen LogP contribution is -2.12. The number of nitrogens with one attached hydrogen (secondary N) is 1. The van der Waals surface area contributed by atoms with Gasteiger partial charge in [-0.3, -0.25) is 0 Å². The van der Waals surface area contributed by atoms with E-state index in [1.54, 1.807) is 7.11 Å². The Hall–Kier alpha value is -0.740. The molecule has 4 nitrogen and oxygen atoms in total. The van der Waals surface area contributed by atoms with Gasteiger partial charge in [-0.05, 0) is 18.1 Å². The van der Waals surface area contributed by atoms with Crippen LogP contribution in [0.3, 0.4) is 0 Å². The first-order valence-corrected chi connectivity index (χ1v) is 4.14. The molecule has 0 unspecified atom stereocenters. The molecule has 0 bridgehead atoms. The van der Waals surface area contributed by atoms with Crippen molar-refractivity contribution in [3.63, 3.8) is 0 Å². The molecule has 1 aliphatic rings. The van der Waals surface area contributed by atoms with E-state index in [1.165, 1.54) is 0 Å². The molecule has 1 aromatic heterocycles. The van der Waals surface area contributed by atoms with Crippen LogP contribution in [0, 0.1) is 0 Å². The first kappa shape index (κ1) is 10.3. The summed E-state index contributed by atoms with van der Waals surface area (Å²) in [4.78, 5) is 0. The molecule has 0 fully saturated rings. The van der Waals surface area contributed by atoms with E-state index in [0.717, 1.165) is 37.3 Å². The molecule has 5 heteroatoms. The van der Waals surface area contributed by atoms with Crippen molar-refractivity contribution in [3.05, 3.63) is 11.3 Å². The Morgan fingerprint density at radius 1 is 1.54 bits per heavy atom. The number of nitrogens with zero attached hydrogens (tertiary/aromatic N) is 1. The molecule has 1 aliphatic heterocycles. The zero-order chi connectivity index (χ0) is 8.39. The summed E-state index contributed by atoms with van der Waals surface area (Å²) >= 11 is 0. The van der Waals surface area contributed by atoms with Crippen molar-refractivity contribution in [2.45, 2.75) is 19.4 Å². The van der Waals surface area contributed by atoms with Crippen LogP contribution >= 0.6 is 12.4 Å². The van der Waals surface area contributed by atoms with E-state index in [2.05, 4.69) is 10.5 Å². The molecule has 0 aliphatic carbocycles. The van der Waals surface area contributed by atoms with Gasteiger partial charge in [0.15, 0.2) is 0 Å². The number of hydrogen-bond acceptors (Lipinski definition) is 4. The molecule has 74 valence electrons. The van der Waals surface area contributed by atoms with Crippen LogP contribution in [0.1, 0.15) is 17.7 Å². The Balaban J connectivity index is 0.000000845. The minimum absolute atomic E-state index is 0. The van der Waals surface area contributed by atoms with Gasteiger partial charge in [-0.1, -0.05) is 0 Å². The van der Waals surface area contributed by atoms with E-state index in [0.29, 0.717) is 5.88 Å². The smallest absolute Gasteiger partial charge is 0.258 e. The Kier molecular flexibility index (Phi) is 3.57. The van der Waals surface area contributed by atoms with Crippen molar-refractivity contribution in [2.75, 3.05) is 13.7 Å². The lowest BCUT2D eigenvalue weighted by molar-refractivity contribution is 0.324. The third-order valence-corrected chi connectivity index (χ3v) is 2.09. The van der Waals surface area contributed by atoms with Crippen molar-refractivity contribution >= 4 is 12.4 Å². The molecule has 0 saturated heterocycles. The predicted molar refractivity (Wildman–Crippen MR) is 50.3 cm³/mol. The van der Waals surface area contributed by atoms with Crippen LogP contribution in [-0.4, -0.2) is 18.8 Å². The molecular weight excluding hydrogens is 192 g/mol. The lowest BCUT2D eigenvalue weighted by atomic mass is 10.2. The Morgan fingerprint density at radius 3 is 3.15 bits per heavy atom. The average Bonchev–Trinajstić information content (AvgIpc) is 2.33. The van der Waals surface area contributed by atoms with Gasteiger partial charge in [-0.2, -0.15) is 0 Å². The standard InChI is InChI=1S/C8H12N2O2.ClH/c1-11-8-6-5-9-4-2-3-7(6)12-10-8;/h9H,2-5H2,1H3;1H. The number of aromatic nitrogens is 1. The molecule has 13 heavy (non-hydrogen) atoms. The minimum Gasteiger partial charge on any atom is -0.479 e. The number of hydrogen-bond donors (Lipinski definition) is 1. The highest BCUT2D eigenvalue weighted by molar-refractivity contribution is 5.85. The maximum Gasteiger partial charge on any atom is 0.258 e. The van der Waals surface area contributed by atoms with E-state index in [9.17, 15) is 0 Å². The normalized spacial score (nSPS) is 15.5. The first-order valence-electron chi connectivity index (χ1n) is 4.14. The zero-order valence-corrected chi connectivity index (χ0v) is 8.32. The van der Waals surface area contributed by atoms with Crippen LogP contribution in [-0.2, 0) is 13.0 Å². The van der Waals surface area contributed by atoms with Crippen LogP contribution < -0.4 is 10.1 Å². The molecule has 2 heterocycles. The highest BCUT2D eigenvalue weighted by Gasteiger charge is 2.17. The van der Waals surface area contributed by atoms with Gasteiger partial charge in [0.05, 0.1) is 12.7 Å². The summed E-state index contributed by atoms with van der Waals surface area (Å²) in [5.41, 5.74) is 1.08. The highest BCUT2D eigenvalue weighted by Crippen LogP contribution is 2.23. The summed E-state index contributed by atoms with van der Waals surface area (Å²) < 4.78 is 10.2. The molecule has 1 aromatic rings. The second-order valence-electron chi connectivity index (χ2n) is 2.87. The zero-order valence-electron chi connectivity index (χ0n) is 7.50. The van der Waals surface area contributed by atoms with Crippen LogP contribution in [0.2, 0.25) is 0 Å². The molecule has 0 atom stereocenters. The predicted octanol–water partition coefficient (Wildman–Crippen LogP) is 1.14. The number of rotatable bonds is 1. The van der Waals surface area contributed by atoms with Gasteiger partial charge < -0.3 is 14.6 Å². The maximum absolute atomic E-state index is 5.14. The quantitative estimate of drug-likeness (QED) is 0.746. The molecule has 0 saturated carbocycles. The average molecular weight is 205 g/mol. The van der Waals surface area contributed by atoms with Gasteiger partial charge in [0.1, 0.15) is 5.76 Å². The van der Waals surface area contributed by atoms with Crippen molar-refractivity contribution in [1.82, 2.24) is 10.5 Å². The fourth-order valence-electron chi connectivity index (χ4n) is 1.44. The van der Waals surface area contributed by atoms with Gasteiger partial charge in [0.25, 0.3) is 5.88 Å². The van der Waals surface area contributed by atoms with E-state index in [4.69, 9.17) is 9.26 Å². The fourth-order valence-corrected chi connectivity index (χ4v) is 1.44. The van der Waals surface area contributed by atoms with Crippen molar-refractivity contribution in [1.29, 1.82) is 0 Å². The third-order valence-electron chi connectivity index (χ3n) is 2.09. The Morgan fingerprint density at radius 2 is 2.38 bits per heavy atom. The van der Waals surface area contributed by atoms with Gasteiger partial charge in [0.2, 0.25) is 0 Å². The van der Waals surface area contributed by atoms with E-state index >= 15 is 0 Å². The summed E-state index contributed by atoms with van der Waals surface area (Å²) in [5, 5.41) is 7.10. The molecule has 0 aromatic carbocycles. The van der Waals surface area contributed by atoms with Crippen LogP contribution in [0.25, 0.3) is 0 Å². The molecular formula is C8H13ClN2O2. The largest absolute Gasteiger partial charge is 0.479 e. The molecule has 0 amide bonds. The lowest BCUT2D eigenvalue weighted by Gasteiger charge is -1.98. The summed E-state index contributed by atoms with van der Waals surface area (Å²) in [7, 11) is 1.61. The summed E-state index contributed by atoms with van der Waals surface area (Å²) in [6, 6.07) is 0. The first-order chi connectivity index (χ1) is 5.92. The van der Waals surface area contributed by atoms with E-state index in [1.807, 2.05) is 0 Å². The van der Waals surface area contributed by atoms with E-state index < -0.39 is 0 Å². The highest BCUT2D eigenvalue weighted by atomic mass is 35.5. The number of ether oxygens (including phenoxy) is 1. The minimum atomic E-state index is 0. The fraction of sp³-hybridized carbons (Fsp3) is 0.625. The van der Waals surface area contributed by atoms with Crippen molar-refractivity contribution in [3.8, 4) is 5.88 Å². The number of halogens is 1. The molecule has 1 N–H and O–H groups in total. The summed E-state index contributed by atoms with van der Waals surface area (Å²) in [6.07, 6.45) is 2.06. The van der Waals surface area contributed by atoms with Crippen LogP contribution in [0.4, 0.5) is 0 Å². The maximum atomic E-state index is 5.14. The number of aryl methyl sites for hydroxylation is 1. The van der Waals surface area contributed by atoms with Crippen LogP contribution in [0.5, 0.6) is 5.88 Å². The van der Waals surface area contributed by atoms with Gasteiger partial charge >= 0.3 is 0 Å². The summed E-state index contributed by atoms with van der Waals surface area (Å²) in [6.45, 7) is 1.84. The van der Waals surface area contributed by atoms with Gasteiger partial charge in [-0.25, -0.2) is 0 Å². The monoisotopic (exact) mass is 204 g/mol. The third kappa shape index (κ3) is 1.95. The second kappa shape index (κ2) is 4.48. The second-order valence-corrected chi connectivity index (χ2v) is 2.87. The van der Waals surface area contributed by atoms with Gasteiger partial charge in [0, 0.05) is 13.0 Å². The molecule has 0 spiro atoms. The summed E-state index contributed by atoms with van der Waals surface area (Å²) in [5.74, 6) is 1.59. The number of methoxy groups -OCH3 is 1. The topological polar surface area (TPSA) is 47.3 Å². The van der Waals surface area contributed by atoms with Gasteiger partial charge in [-0.15, -0.1) is 12.4 Å². The van der Waals surface area contributed by atoms with Crippen molar-refractivity contribution < 1.29 is 9.26 Å². The SMILES string of the molecule is COc1noc2c1CNCCC2.Cl.